The summed E-state index contributed by atoms with van der Waals surface area (Å²) in [5.41, 5.74) is 0. The van der Waals surface area contributed by atoms with Crippen molar-refractivity contribution in [3.8, 4) is 0 Å². The highest BCUT2D eigenvalue weighted by Crippen LogP contribution is 1.84. The summed E-state index contributed by atoms with van der Waals surface area (Å²) in [4.78, 5) is 1.86. The average molecular weight is 259 g/mol. The highest BCUT2D eigenvalue weighted by atomic mass is 35.5. The molecule has 5 nitrogen and oxygen atoms in total. The van der Waals surface area contributed by atoms with Crippen molar-refractivity contribution < 1.29 is 32.2 Å². The van der Waals surface area contributed by atoms with Gasteiger partial charge in [0.25, 0.3) is 0 Å². The van der Waals surface area contributed by atoms with Crippen LogP contribution >= 0.6 is 0 Å². The van der Waals surface area contributed by atoms with E-state index in [1.165, 1.54) is 0 Å². The van der Waals surface area contributed by atoms with Gasteiger partial charge in [-0.2, -0.15) is 0 Å². The zero-order valence-corrected chi connectivity index (χ0v) is 11.6. The van der Waals surface area contributed by atoms with Crippen molar-refractivity contribution in [2.75, 3.05) is 67.6 Å². The number of likely N-dealkylation sites (N-methyl/N-ethyl adjacent to an activating group) is 2. The molecular formula is C10H27ClN2O3. The quantitative estimate of drug-likeness (QED) is 0.421. The van der Waals surface area contributed by atoms with Crippen LogP contribution in [0.25, 0.3) is 0 Å². The third kappa shape index (κ3) is 23.7. The number of hydrogen-bond acceptors (Lipinski definition) is 4. The van der Waals surface area contributed by atoms with E-state index in [1.54, 1.807) is 0 Å². The number of halogens is 1. The van der Waals surface area contributed by atoms with Crippen molar-refractivity contribution in [3.05, 3.63) is 0 Å². The van der Waals surface area contributed by atoms with Gasteiger partial charge in [-0.05, 0) is 7.05 Å². The first-order valence-corrected chi connectivity index (χ1v) is 5.19. The fraction of sp³-hybridized carbons (Fsp3) is 1.00. The summed E-state index contributed by atoms with van der Waals surface area (Å²) in [5.74, 6) is 0. The molecule has 0 rings (SSSR count). The maximum atomic E-state index is 8.39. The van der Waals surface area contributed by atoms with Crippen molar-refractivity contribution >= 4 is 0 Å². The van der Waals surface area contributed by atoms with Crippen molar-refractivity contribution in [3.63, 3.8) is 0 Å². The van der Waals surface area contributed by atoms with Gasteiger partial charge in [0.2, 0.25) is 0 Å². The average Bonchev–Trinajstić information content (AvgIpc) is 2.03. The van der Waals surface area contributed by atoms with Crippen LogP contribution in [0.5, 0.6) is 0 Å². The zero-order chi connectivity index (χ0) is 12.3. The van der Waals surface area contributed by atoms with Crippen LogP contribution in [-0.2, 0) is 0 Å². The van der Waals surface area contributed by atoms with Gasteiger partial charge >= 0.3 is 0 Å². The second kappa shape index (κ2) is 13.2. The van der Waals surface area contributed by atoms with Gasteiger partial charge in [-0.1, -0.05) is 0 Å². The van der Waals surface area contributed by atoms with E-state index in [9.17, 15) is 0 Å². The van der Waals surface area contributed by atoms with Gasteiger partial charge in [0.1, 0.15) is 6.54 Å². The Hall–Kier alpha value is 0.0900. The van der Waals surface area contributed by atoms with Gasteiger partial charge < -0.3 is 37.1 Å². The second-order valence-electron chi connectivity index (χ2n) is 4.49. The smallest absolute Gasteiger partial charge is 0.101 e. The van der Waals surface area contributed by atoms with Gasteiger partial charge in [0.15, 0.2) is 0 Å². The molecule has 0 saturated heterocycles. The lowest BCUT2D eigenvalue weighted by atomic mass is 10.5. The number of aliphatic hydroxyl groups excluding tert-OH is 3. The first-order chi connectivity index (χ1) is 6.87. The summed E-state index contributed by atoms with van der Waals surface area (Å²) in [5, 5.41) is 25.1. The largest absolute Gasteiger partial charge is 1.00 e. The highest BCUT2D eigenvalue weighted by molar-refractivity contribution is 4.45. The fourth-order valence-electron chi connectivity index (χ4n) is 0.753. The van der Waals surface area contributed by atoms with Gasteiger partial charge in [0.05, 0.1) is 41.0 Å². The standard InChI is InChI=1S/C5H13NO2.C5H14NO.ClH/c1-6(2-4-7)3-5-8;1-6(2,3)4-5-7;/h7-8H,2-5H2,1H3;7H,4-5H2,1-3H3;1H/q;+1;/p-1. The lowest BCUT2D eigenvalue weighted by Crippen LogP contribution is -3.00. The molecule has 0 fully saturated rings. The summed E-state index contributed by atoms with van der Waals surface area (Å²) in [7, 11) is 8.01. The Morgan fingerprint density at radius 1 is 0.875 bits per heavy atom. The third-order valence-corrected chi connectivity index (χ3v) is 1.73. The summed E-state index contributed by atoms with van der Waals surface area (Å²) in [6, 6.07) is 0. The van der Waals surface area contributed by atoms with Crippen LogP contribution in [0, 0.1) is 0 Å². The molecule has 0 heterocycles. The van der Waals surface area contributed by atoms with Crippen molar-refractivity contribution in [1.82, 2.24) is 4.90 Å². The molecule has 0 radical (unpaired) electrons. The predicted molar refractivity (Wildman–Crippen MR) is 61.7 cm³/mol. The Morgan fingerprint density at radius 3 is 1.38 bits per heavy atom. The topological polar surface area (TPSA) is 63.9 Å². The summed E-state index contributed by atoms with van der Waals surface area (Å²) < 4.78 is 0.844. The molecular weight excluding hydrogens is 232 g/mol. The van der Waals surface area contributed by atoms with E-state index in [0.717, 1.165) is 11.0 Å². The number of aliphatic hydroxyl groups is 3. The van der Waals surface area contributed by atoms with E-state index in [4.69, 9.17) is 15.3 Å². The molecule has 0 atom stereocenters. The van der Waals surface area contributed by atoms with Crippen LogP contribution in [-0.4, -0.2) is 92.3 Å². The van der Waals surface area contributed by atoms with Crippen molar-refractivity contribution in [2.45, 2.75) is 0 Å². The van der Waals surface area contributed by atoms with Crippen molar-refractivity contribution in [2.24, 2.45) is 0 Å². The van der Waals surface area contributed by atoms with E-state index in [1.807, 2.05) is 11.9 Å². The maximum Gasteiger partial charge on any atom is 0.101 e. The molecule has 0 spiro atoms. The minimum atomic E-state index is 0. The number of nitrogens with zero attached hydrogens (tertiary/aromatic N) is 2. The van der Waals surface area contributed by atoms with Crippen LogP contribution in [0.3, 0.4) is 0 Å². The molecule has 16 heavy (non-hydrogen) atoms. The first kappa shape index (κ1) is 21.4. The van der Waals surface area contributed by atoms with Crippen LogP contribution in [0.2, 0.25) is 0 Å². The number of quaternary nitrogens is 1. The Labute approximate surface area is 105 Å². The minimum absolute atomic E-state index is 0. The first-order valence-electron chi connectivity index (χ1n) is 5.19. The van der Waals surface area contributed by atoms with Crippen LogP contribution in [0.4, 0.5) is 0 Å². The monoisotopic (exact) mass is 258 g/mol. The molecule has 0 aliphatic rings. The van der Waals surface area contributed by atoms with E-state index in [-0.39, 0.29) is 32.2 Å². The van der Waals surface area contributed by atoms with Gasteiger partial charge in [-0.25, -0.2) is 0 Å². The maximum absolute atomic E-state index is 8.39. The molecule has 0 unspecified atom stereocenters. The Balaban J connectivity index is -0.000000200. The summed E-state index contributed by atoms with van der Waals surface area (Å²) in [6.45, 7) is 2.72. The van der Waals surface area contributed by atoms with Crippen LogP contribution in [0.15, 0.2) is 0 Å². The SMILES string of the molecule is CN(CCO)CCO.C[N+](C)(C)CCO.[Cl-]. The minimum Gasteiger partial charge on any atom is -1.00 e. The second-order valence-corrected chi connectivity index (χ2v) is 4.49. The van der Waals surface area contributed by atoms with Crippen molar-refractivity contribution in [1.29, 1.82) is 0 Å². The molecule has 0 aromatic heterocycles. The Bertz CT molecular complexity index is 126. The molecule has 0 aliphatic heterocycles. The molecule has 0 amide bonds. The molecule has 0 aliphatic carbocycles. The molecule has 3 N–H and O–H groups in total. The van der Waals surface area contributed by atoms with Crippen LogP contribution < -0.4 is 12.4 Å². The predicted octanol–water partition coefficient (Wildman–Crippen LogP) is -4.41. The third-order valence-electron chi connectivity index (χ3n) is 1.73. The molecule has 0 saturated carbocycles. The van der Waals surface area contributed by atoms with E-state index < -0.39 is 0 Å². The number of hydrogen-bond donors (Lipinski definition) is 3. The Morgan fingerprint density at radius 2 is 1.25 bits per heavy atom. The lowest BCUT2D eigenvalue weighted by molar-refractivity contribution is -0.870. The summed E-state index contributed by atoms with van der Waals surface area (Å²) in [6.07, 6.45) is 0. The zero-order valence-electron chi connectivity index (χ0n) is 10.9. The molecule has 102 valence electrons. The van der Waals surface area contributed by atoms with E-state index >= 15 is 0 Å². The lowest BCUT2D eigenvalue weighted by Gasteiger charge is -2.21. The van der Waals surface area contributed by atoms with E-state index in [0.29, 0.717) is 13.1 Å². The molecule has 6 heteroatoms. The van der Waals surface area contributed by atoms with Crippen LogP contribution in [0.1, 0.15) is 0 Å². The fourth-order valence-corrected chi connectivity index (χ4v) is 0.753. The normalized spacial score (nSPS) is 10.5. The molecule has 0 bridgehead atoms. The van der Waals surface area contributed by atoms with E-state index in [2.05, 4.69) is 21.1 Å². The van der Waals surface area contributed by atoms with Gasteiger partial charge in [-0.15, -0.1) is 0 Å². The van der Waals surface area contributed by atoms with Gasteiger partial charge in [0, 0.05) is 13.1 Å². The Kier molecular flexibility index (Phi) is 17.6. The number of rotatable bonds is 6. The van der Waals surface area contributed by atoms with Gasteiger partial charge in [-0.3, -0.25) is 0 Å². The molecule has 0 aromatic carbocycles. The molecule has 0 aromatic rings. The summed E-state index contributed by atoms with van der Waals surface area (Å²) >= 11 is 0. The highest BCUT2D eigenvalue weighted by Gasteiger charge is 2.02.